The number of hydrogen-bond acceptors (Lipinski definition) is 5. The van der Waals surface area contributed by atoms with Crippen LogP contribution in [0.4, 0.5) is 5.95 Å². The molecule has 1 aromatic heterocycles. The quantitative estimate of drug-likeness (QED) is 0.738. The second kappa shape index (κ2) is 8.13. The van der Waals surface area contributed by atoms with Crippen LogP contribution in [0.2, 0.25) is 5.02 Å². The highest BCUT2D eigenvalue weighted by Crippen LogP contribution is 2.42. The molecule has 3 rings (SSSR count). The monoisotopic (exact) mass is 360 g/mol. The molecule has 1 fully saturated rings. The van der Waals surface area contributed by atoms with Crippen molar-refractivity contribution in [2.75, 3.05) is 25.0 Å². The zero-order chi connectivity index (χ0) is 17.7. The molecule has 6 heteroatoms. The van der Waals surface area contributed by atoms with E-state index in [0.717, 1.165) is 48.6 Å². The van der Waals surface area contributed by atoms with Crippen molar-refractivity contribution in [1.82, 2.24) is 15.3 Å². The van der Waals surface area contributed by atoms with Gasteiger partial charge in [-0.3, -0.25) is 0 Å². The van der Waals surface area contributed by atoms with Gasteiger partial charge in [0.15, 0.2) is 0 Å². The second-order valence-electron chi connectivity index (χ2n) is 6.51. The van der Waals surface area contributed by atoms with Crippen LogP contribution in [0.3, 0.4) is 0 Å². The first-order chi connectivity index (χ1) is 12.2. The number of anilines is 1. The Kier molecular flexibility index (Phi) is 5.89. The first-order valence-electron chi connectivity index (χ1n) is 8.86. The number of hydrogen-bond donors (Lipinski definition) is 3. The van der Waals surface area contributed by atoms with Crippen LogP contribution in [0.1, 0.15) is 37.4 Å². The summed E-state index contributed by atoms with van der Waals surface area (Å²) in [6, 6.07) is 9.98. The fourth-order valence-corrected chi connectivity index (χ4v) is 3.84. The fraction of sp³-hybridized carbons (Fsp3) is 0.474. The molecule has 1 saturated heterocycles. The van der Waals surface area contributed by atoms with E-state index in [-0.39, 0.29) is 18.1 Å². The lowest BCUT2D eigenvalue weighted by atomic mass is 9.70. The number of benzene rings is 1. The van der Waals surface area contributed by atoms with E-state index in [1.165, 1.54) is 0 Å². The number of aliphatic hydroxyl groups is 1. The number of nitrogens with zero attached hydrogens (tertiary/aromatic N) is 2. The van der Waals surface area contributed by atoms with E-state index < -0.39 is 0 Å². The smallest absolute Gasteiger partial charge is 0.223 e. The van der Waals surface area contributed by atoms with E-state index in [4.69, 9.17) is 16.6 Å². The molecule has 0 saturated carbocycles. The molecule has 5 nitrogen and oxygen atoms in total. The maximum atomic E-state index is 9.43. The average molecular weight is 361 g/mol. The predicted molar refractivity (Wildman–Crippen MR) is 101 cm³/mol. The first kappa shape index (κ1) is 18.1. The average Bonchev–Trinajstić information content (AvgIpc) is 2.67. The molecule has 1 aliphatic heterocycles. The van der Waals surface area contributed by atoms with Crippen LogP contribution in [0, 0.1) is 0 Å². The van der Waals surface area contributed by atoms with Gasteiger partial charge in [0.05, 0.1) is 18.3 Å². The third-order valence-electron chi connectivity index (χ3n) is 5.04. The van der Waals surface area contributed by atoms with Gasteiger partial charge in [-0.2, -0.15) is 0 Å². The highest BCUT2D eigenvalue weighted by atomic mass is 35.5. The number of halogens is 1. The summed E-state index contributed by atoms with van der Waals surface area (Å²) in [5.74, 6) is 0.559. The number of nitrogens with one attached hydrogen (secondary N) is 2. The van der Waals surface area contributed by atoms with Crippen molar-refractivity contribution < 1.29 is 5.11 Å². The fourth-order valence-electron chi connectivity index (χ4n) is 3.52. The summed E-state index contributed by atoms with van der Waals surface area (Å²) in [4.78, 5) is 9.14. The molecule has 2 aromatic rings. The van der Waals surface area contributed by atoms with E-state index in [9.17, 15) is 5.11 Å². The van der Waals surface area contributed by atoms with Gasteiger partial charge in [-0.25, -0.2) is 9.97 Å². The highest BCUT2D eigenvalue weighted by molar-refractivity contribution is 6.31. The summed E-state index contributed by atoms with van der Waals surface area (Å²) in [6.45, 7) is 3.93. The van der Waals surface area contributed by atoms with E-state index in [1.807, 2.05) is 31.2 Å². The Labute approximate surface area is 153 Å². The summed E-state index contributed by atoms with van der Waals surface area (Å²) < 4.78 is 0. The van der Waals surface area contributed by atoms with Crippen molar-refractivity contribution in [1.29, 1.82) is 0 Å². The van der Waals surface area contributed by atoms with Crippen molar-refractivity contribution in [2.45, 2.75) is 37.6 Å². The molecular weight excluding hydrogens is 336 g/mol. The van der Waals surface area contributed by atoms with Crippen molar-refractivity contribution in [3.8, 4) is 0 Å². The lowest BCUT2D eigenvalue weighted by molar-refractivity contribution is 0.271. The van der Waals surface area contributed by atoms with Crippen LogP contribution < -0.4 is 10.6 Å². The minimum Gasteiger partial charge on any atom is -0.394 e. The Bertz CT molecular complexity index is 699. The molecule has 0 bridgehead atoms. The van der Waals surface area contributed by atoms with Crippen molar-refractivity contribution in [2.24, 2.45) is 0 Å². The summed E-state index contributed by atoms with van der Waals surface area (Å²) >= 11 is 6.55. The summed E-state index contributed by atoms with van der Waals surface area (Å²) in [6.07, 6.45) is 4.47. The Morgan fingerprint density at radius 3 is 2.72 bits per heavy atom. The maximum absolute atomic E-state index is 9.43. The van der Waals surface area contributed by atoms with Gasteiger partial charge in [0.1, 0.15) is 0 Å². The van der Waals surface area contributed by atoms with Crippen LogP contribution >= 0.6 is 11.6 Å². The molecule has 2 heterocycles. The first-order valence-corrected chi connectivity index (χ1v) is 9.24. The van der Waals surface area contributed by atoms with Gasteiger partial charge < -0.3 is 15.7 Å². The van der Waals surface area contributed by atoms with Gasteiger partial charge >= 0.3 is 0 Å². The zero-order valence-corrected chi connectivity index (χ0v) is 15.3. The van der Waals surface area contributed by atoms with Gasteiger partial charge in [0.25, 0.3) is 0 Å². The molecule has 25 heavy (non-hydrogen) atoms. The standard InChI is InChI=1S/C19H25ClN4O/c1-2-14(13-25)23-18-22-10-7-17(24-18)19(8-11-21-12-9-19)15-5-3-4-6-16(15)20/h3-7,10,14,21,25H,2,8-9,11-13H2,1H3,(H,22,23,24)/t14-/m0/s1. The largest absolute Gasteiger partial charge is 0.394 e. The summed E-state index contributed by atoms with van der Waals surface area (Å²) in [5.41, 5.74) is 1.88. The number of aromatic nitrogens is 2. The van der Waals surface area contributed by atoms with Crippen molar-refractivity contribution in [3.05, 3.63) is 52.8 Å². The summed E-state index contributed by atoms with van der Waals surface area (Å²) in [5, 5.41) is 16.9. The van der Waals surface area contributed by atoms with Crippen LogP contribution in [0.25, 0.3) is 0 Å². The lowest BCUT2D eigenvalue weighted by Crippen LogP contribution is -2.41. The molecule has 0 amide bonds. The molecule has 1 aromatic carbocycles. The Morgan fingerprint density at radius 2 is 2.04 bits per heavy atom. The Morgan fingerprint density at radius 1 is 1.28 bits per heavy atom. The van der Waals surface area contributed by atoms with Gasteiger partial charge in [-0.1, -0.05) is 36.7 Å². The van der Waals surface area contributed by atoms with Crippen LogP contribution in [-0.2, 0) is 5.41 Å². The topological polar surface area (TPSA) is 70.1 Å². The maximum Gasteiger partial charge on any atom is 0.223 e. The minimum atomic E-state index is -0.218. The molecule has 3 N–H and O–H groups in total. The van der Waals surface area contributed by atoms with Crippen LogP contribution in [0.15, 0.2) is 36.5 Å². The highest BCUT2D eigenvalue weighted by Gasteiger charge is 2.38. The Hall–Kier alpha value is -1.69. The van der Waals surface area contributed by atoms with Crippen LogP contribution in [0.5, 0.6) is 0 Å². The van der Waals surface area contributed by atoms with Crippen molar-refractivity contribution in [3.63, 3.8) is 0 Å². The second-order valence-corrected chi connectivity index (χ2v) is 6.92. The number of piperidine rings is 1. The normalized spacial score (nSPS) is 17.9. The van der Waals surface area contributed by atoms with Crippen molar-refractivity contribution >= 4 is 17.5 Å². The molecule has 1 atom stereocenters. The molecule has 0 aliphatic carbocycles. The van der Waals surface area contributed by atoms with E-state index in [2.05, 4.69) is 21.7 Å². The van der Waals surface area contributed by atoms with Gasteiger partial charge in [-0.05, 0) is 50.0 Å². The van der Waals surface area contributed by atoms with Crippen LogP contribution in [-0.4, -0.2) is 40.8 Å². The third-order valence-corrected chi connectivity index (χ3v) is 5.37. The Balaban J connectivity index is 2.01. The van der Waals surface area contributed by atoms with Gasteiger partial charge in [0, 0.05) is 16.6 Å². The van der Waals surface area contributed by atoms with E-state index in [0.29, 0.717) is 5.95 Å². The van der Waals surface area contributed by atoms with E-state index >= 15 is 0 Å². The lowest BCUT2D eigenvalue weighted by Gasteiger charge is -2.38. The molecule has 0 spiro atoms. The summed E-state index contributed by atoms with van der Waals surface area (Å²) in [7, 11) is 0. The third kappa shape index (κ3) is 3.78. The molecule has 1 aliphatic rings. The van der Waals surface area contributed by atoms with Gasteiger partial charge in [0.2, 0.25) is 5.95 Å². The zero-order valence-electron chi connectivity index (χ0n) is 14.5. The number of rotatable bonds is 6. The SMILES string of the molecule is CC[C@@H](CO)Nc1nccc(C2(c3ccccc3Cl)CCNCC2)n1. The number of aliphatic hydroxyl groups excluding tert-OH is 1. The van der Waals surface area contributed by atoms with E-state index in [1.54, 1.807) is 6.20 Å². The molecule has 134 valence electrons. The van der Waals surface area contributed by atoms with Gasteiger partial charge in [-0.15, -0.1) is 0 Å². The minimum absolute atomic E-state index is 0.0421. The molecular formula is C19H25ClN4O. The molecule has 0 unspecified atom stereocenters. The molecule has 0 radical (unpaired) electrons. The predicted octanol–water partition coefficient (Wildman–Crippen LogP) is 2.98.